The van der Waals surface area contributed by atoms with Gasteiger partial charge in [-0.25, -0.2) is 0 Å². The predicted octanol–water partition coefficient (Wildman–Crippen LogP) is 0.295. The Labute approximate surface area is 112 Å². The molecule has 0 unspecified atom stereocenters. The largest absolute Gasteiger partial charge is 0.497 e. The number of rotatable bonds is 8. The fourth-order valence-corrected chi connectivity index (χ4v) is 1.51. The number of amides is 1. The number of ether oxygens (including phenoxy) is 3. The Hall–Kier alpha value is -1.79. The normalized spacial score (nSPS) is 10.1. The maximum atomic E-state index is 11.5. The molecular weight excluding hydrogens is 248 g/mol. The molecule has 0 saturated heterocycles. The molecular formula is C13H20N2O4. The van der Waals surface area contributed by atoms with Crippen LogP contribution in [0, 0.1) is 0 Å². The summed E-state index contributed by atoms with van der Waals surface area (Å²) in [6.07, 6.45) is 0. The third-order valence-corrected chi connectivity index (χ3v) is 2.46. The molecule has 1 amide bonds. The lowest BCUT2D eigenvalue weighted by molar-refractivity contribution is -0.125. The Bertz CT molecular complexity index is 410. The van der Waals surface area contributed by atoms with Crippen LogP contribution in [0.15, 0.2) is 18.2 Å². The molecule has 0 spiro atoms. The zero-order valence-electron chi connectivity index (χ0n) is 11.3. The van der Waals surface area contributed by atoms with E-state index in [2.05, 4.69) is 5.32 Å². The fourth-order valence-electron chi connectivity index (χ4n) is 1.51. The summed E-state index contributed by atoms with van der Waals surface area (Å²) in [4.78, 5) is 11.5. The lowest BCUT2D eigenvalue weighted by Gasteiger charge is -2.11. The summed E-state index contributed by atoms with van der Waals surface area (Å²) in [5.74, 6) is 1.21. The van der Waals surface area contributed by atoms with Crippen molar-refractivity contribution in [2.75, 3.05) is 34.0 Å². The van der Waals surface area contributed by atoms with Crippen molar-refractivity contribution < 1.29 is 19.0 Å². The first-order valence-electron chi connectivity index (χ1n) is 5.96. The van der Waals surface area contributed by atoms with Crippen LogP contribution in [-0.2, 0) is 16.1 Å². The Morgan fingerprint density at radius 3 is 2.74 bits per heavy atom. The molecule has 1 aromatic rings. The van der Waals surface area contributed by atoms with Gasteiger partial charge in [0.25, 0.3) is 0 Å². The Morgan fingerprint density at radius 2 is 2.11 bits per heavy atom. The number of methoxy groups -OCH3 is 2. The van der Waals surface area contributed by atoms with Crippen LogP contribution >= 0.6 is 0 Å². The summed E-state index contributed by atoms with van der Waals surface area (Å²) in [6, 6.07) is 5.42. The van der Waals surface area contributed by atoms with Gasteiger partial charge in [-0.05, 0) is 18.2 Å². The van der Waals surface area contributed by atoms with Crippen molar-refractivity contribution in [2.45, 2.75) is 6.54 Å². The Morgan fingerprint density at radius 1 is 1.32 bits per heavy atom. The van der Waals surface area contributed by atoms with Crippen LogP contribution in [0.2, 0.25) is 0 Å². The van der Waals surface area contributed by atoms with E-state index >= 15 is 0 Å². The highest BCUT2D eigenvalue weighted by Crippen LogP contribution is 2.23. The van der Waals surface area contributed by atoms with E-state index in [1.807, 2.05) is 6.07 Å². The van der Waals surface area contributed by atoms with Crippen molar-refractivity contribution in [3.63, 3.8) is 0 Å². The standard InChI is InChI=1S/C13H20N2O4/c1-17-11-3-4-12(18-2)10(7-11)8-15-13(16)9-19-6-5-14/h3-4,7H,5-6,8-9,14H2,1-2H3,(H,15,16). The molecule has 3 N–H and O–H groups in total. The van der Waals surface area contributed by atoms with Crippen LogP contribution in [0.4, 0.5) is 0 Å². The van der Waals surface area contributed by atoms with Crippen molar-refractivity contribution in [2.24, 2.45) is 5.73 Å². The first-order chi connectivity index (χ1) is 9.21. The molecule has 0 atom stereocenters. The van der Waals surface area contributed by atoms with Gasteiger partial charge < -0.3 is 25.3 Å². The van der Waals surface area contributed by atoms with Crippen molar-refractivity contribution in [3.8, 4) is 11.5 Å². The van der Waals surface area contributed by atoms with Crippen LogP contribution < -0.4 is 20.5 Å². The lowest BCUT2D eigenvalue weighted by atomic mass is 10.2. The molecule has 1 aromatic carbocycles. The van der Waals surface area contributed by atoms with Crippen LogP contribution in [0.25, 0.3) is 0 Å². The van der Waals surface area contributed by atoms with Crippen LogP contribution in [0.1, 0.15) is 5.56 Å². The van der Waals surface area contributed by atoms with Crippen LogP contribution in [0.5, 0.6) is 11.5 Å². The van der Waals surface area contributed by atoms with Gasteiger partial charge in [-0.1, -0.05) is 0 Å². The summed E-state index contributed by atoms with van der Waals surface area (Å²) < 4.78 is 15.4. The molecule has 0 fully saturated rings. The van der Waals surface area contributed by atoms with E-state index < -0.39 is 0 Å². The quantitative estimate of drug-likeness (QED) is 0.662. The Kier molecular flexibility index (Phi) is 6.70. The summed E-state index contributed by atoms with van der Waals surface area (Å²) in [5, 5.41) is 2.74. The number of nitrogens with one attached hydrogen (secondary N) is 1. The number of hydrogen-bond donors (Lipinski definition) is 2. The highest BCUT2D eigenvalue weighted by Gasteiger charge is 2.07. The first-order valence-corrected chi connectivity index (χ1v) is 5.96. The van der Waals surface area contributed by atoms with Gasteiger partial charge in [-0.15, -0.1) is 0 Å². The number of benzene rings is 1. The van der Waals surface area contributed by atoms with Gasteiger partial charge >= 0.3 is 0 Å². The van der Waals surface area contributed by atoms with Gasteiger partial charge in [0.1, 0.15) is 18.1 Å². The number of hydrogen-bond acceptors (Lipinski definition) is 5. The molecule has 6 heteroatoms. The molecule has 0 radical (unpaired) electrons. The second kappa shape index (κ2) is 8.34. The van der Waals surface area contributed by atoms with E-state index in [0.29, 0.717) is 31.2 Å². The van der Waals surface area contributed by atoms with Crippen molar-refractivity contribution in [3.05, 3.63) is 23.8 Å². The minimum Gasteiger partial charge on any atom is -0.497 e. The van der Waals surface area contributed by atoms with Gasteiger partial charge in [0.2, 0.25) is 5.91 Å². The van der Waals surface area contributed by atoms with Crippen molar-refractivity contribution >= 4 is 5.91 Å². The monoisotopic (exact) mass is 268 g/mol. The number of carbonyl (C=O) groups is 1. The molecule has 6 nitrogen and oxygen atoms in total. The molecule has 0 aliphatic carbocycles. The van der Waals surface area contributed by atoms with Gasteiger partial charge in [0, 0.05) is 18.7 Å². The molecule has 0 aliphatic rings. The average Bonchev–Trinajstić information content (AvgIpc) is 2.45. The summed E-state index contributed by atoms with van der Waals surface area (Å²) in [7, 11) is 3.17. The maximum Gasteiger partial charge on any atom is 0.246 e. The maximum absolute atomic E-state index is 11.5. The highest BCUT2D eigenvalue weighted by atomic mass is 16.5. The molecule has 106 valence electrons. The van der Waals surface area contributed by atoms with Gasteiger partial charge in [-0.3, -0.25) is 4.79 Å². The molecule has 0 bridgehead atoms. The second-order valence-electron chi connectivity index (χ2n) is 3.80. The summed E-state index contributed by atoms with van der Waals surface area (Å²) in [5.41, 5.74) is 6.10. The highest BCUT2D eigenvalue weighted by molar-refractivity contribution is 5.77. The molecule has 0 heterocycles. The van der Waals surface area contributed by atoms with E-state index in [1.54, 1.807) is 26.4 Å². The molecule has 0 saturated carbocycles. The Balaban J connectivity index is 2.53. The van der Waals surface area contributed by atoms with E-state index in [4.69, 9.17) is 19.9 Å². The topological polar surface area (TPSA) is 82.8 Å². The first kappa shape index (κ1) is 15.3. The molecule has 1 rings (SSSR count). The van der Waals surface area contributed by atoms with Gasteiger partial charge in [0.05, 0.1) is 20.8 Å². The van der Waals surface area contributed by atoms with Crippen molar-refractivity contribution in [1.29, 1.82) is 0 Å². The zero-order valence-corrected chi connectivity index (χ0v) is 11.3. The number of carbonyl (C=O) groups excluding carboxylic acids is 1. The van der Waals surface area contributed by atoms with Gasteiger partial charge in [0.15, 0.2) is 0 Å². The van der Waals surface area contributed by atoms with Crippen molar-refractivity contribution in [1.82, 2.24) is 5.32 Å². The lowest BCUT2D eigenvalue weighted by Crippen LogP contribution is -2.28. The fraction of sp³-hybridized carbons (Fsp3) is 0.462. The van der Waals surface area contributed by atoms with Crippen LogP contribution in [-0.4, -0.2) is 39.9 Å². The number of nitrogens with two attached hydrogens (primary N) is 1. The minimum atomic E-state index is -0.196. The summed E-state index contributed by atoms with van der Waals surface area (Å²) >= 11 is 0. The van der Waals surface area contributed by atoms with E-state index in [0.717, 1.165) is 5.56 Å². The third kappa shape index (κ3) is 5.15. The average molecular weight is 268 g/mol. The smallest absolute Gasteiger partial charge is 0.246 e. The molecule has 19 heavy (non-hydrogen) atoms. The van der Waals surface area contributed by atoms with E-state index in [9.17, 15) is 4.79 Å². The van der Waals surface area contributed by atoms with E-state index in [1.165, 1.54) is 0 Å². The SMILES string of the molecule is COc1ccc(OC)c(CNC(=O)COCCN)c1. The molecule has 0 aliphatic heterocycles. The second-order valence-corrected chi connectivity index (χ2v) is 3.80. The summed E-state index contributed by atoms with van der Waals surface area (Å²) in [6.45, 7) is 1.13. The zero-order chi connectivity index (χ0) is 14.1. The molecule has 0 aromatic heterocycles. The van der Waals surface area contributed by atoms with Gasteiger partial charge in [-0.2, -0.15) is 0 Å². The predicted molar refractivity (Wildman–Crippen MR) is 71.3 cm³/mol. The van der Waals surface area contributed by atoms with Crippen LogP contribution in [0.3, 0.4) is 0 Å². The van der Waals surface area contributed by atoms with E-state index in [-0.39, 0.29) is 12.5 Å². The third-order valence-electron chi connectivity index (χ3n) is 2.46. The minimum absolute atomic E-state index is 0.00346.